The van der Waals surface area contributed by atoms with E-state index in [-0.39, 0.29) is 17.4 Å². The fourth-order valence-electron chi connectivity index (χ4n) is 9.22. The van der Waals surface area contributed by atoms with Crippen LogP contribution in [0.25, 0.3) is 0 Å². The summed E-state index contributed by atoms with van der Waals surface area (Å²) in [5.74, 6) is -1.45. The van der Waals surface area contributed by atoms with E-state index in [1.54, 1.807) is 6.92 Å². The molecule has 2 aromatic rings. The van der Waals surface area contributed by atoms with Crippen LogP contribution in [0.4, 0.5) is 24.7 Å². The van der Waals surface area contributed by atoms with Crippen LogP contribution in [0, 0.1) is 17.2 Å². The average molecular weight is 593 g/mol. The van der Waals surface area contributed by atoms with Crippen LogP contribution in [0.5, 0.6) is 0 Å². The Morgan fingerprint density at radius 1 is 1.16 bits per heavy atom. The number of fused-ring (bicyclic) bond motifs is 4. The van der Waals surface area contributed by atoms with Gasteiger partial charge in [-0.25, -0.2) is 23.1 Å². The first-order valence-corrected chi connectivity index (χ1v) is 16.3. The summed E-state index contributed by atoms with van der Waals surface area (Å²) in [6.07, 6.45) is 7.45. The van der Waals surface area contributed by atoms with Gasteiger partial charge >= 0.3 is 0 Å². The van der Waals surface area contributed by atoms with E-state index in [9.17, 15) is 18.4 Å². The van der Waals surface area contributed by atoms with Gasteiger partial charge in [-0.1, -0.05) is 19.9 Å². The van der Waals surface area contributed by atoms with E-state index in [0.29, 0.717) is 56.1 Å². The van der Waals surface area contributed by atoms with Gasteiger partial charge in [-0.2, -0.15) is 5.26 Å². The fraction of sp³-hybridized carbons (Fsp3) is 0.676. The molecule has 3 aliphatic heterocycles. The maximum Gasteiger partial charge on any atom is 0.254 e. The van der Waals surface area contributed by atoms with Crippen molar-refractivity contribution in [2.75, 3.05) is 36.8 Å². The number of nitriles is 1. The van der Waals surface area contributed by atoms with E-state index in [0.717, 1.165) is 80.0 Å². The molecule has 3 saturated heterocycles. The van der Waals surface area contributed by atoms with Crippen molar-refractivity contribution in [3.05, 3.63) is 45.9 Å². The van der Waals surface area contributed by atoms with Gasteiger partial charge in [0.2, 0.25) is 0 Å². The van der Waals surface area contributed by atoms with Gasteiger partial charge in [-0.15, -0.1) is 0 Å². The first-order chi connectivity index (χ1) is 20.6. The molecule has 7 rings (SSSR count). The van der Waals surface area contributed by atoms with Crippen molar-refractivity contribution >= 4 is 11.5 Å². The van der Waals surface area contributed by atoms with Crippen LogP contribution in [0.3, 0.4) is 0 Å². The molecule has 2 N–H and O–H groups in total. The number of anilines is 2. The summed E-state index contributed by atoms with van der Waals surface area (Å²) in [6.45, 7) is 5.83. The molecule has 4 unspecified atom stereocenters. The van der Waals surface area contributed by atoms with Gasteiger partial charge in [-0.05, 0) is 87.4 Å². The normalized spacial score (nSPS) is 30.6. The molecular formula is C34H43F3N6. The molecule has 43 heavy (non-hydrogen) atoms. The number of nitrogen functional groups attached to an aromatic ring is 1. The molecule has 0 amide bonds. The van der Waals surface area contributed by atoms with E-state index in [2.05, 4.69) is 24.0 Å². The van der Waals surface area contributed by atoms with E-state index >= 15 is 0 Å². The number of rotatable bonds is 6. The Morgan fingerprint density at radius 2 is 1.98 bits per heavy atom. The largest absolute Gasteiger partial charge is 0.398 e. The minimum atomic E-state index is -2.68. The van der Waals surface area contributed by atoms with Crippen LogP contribution in [0.1, 0.15) is 105 Å². The highest BCUT2D eigenvalue weighted by molar-refractivity contribution is 5.65. The van der Waals surface area contributed by atoms with Crippen LogP contribution in [-0.4, -0.2) is 58.7 Å². The summed E-state index contributed by atoms with van der Waals surface area (Å²) in [5.41, 5.74) is 11.5. The minimum absolute atomic E-state index is 0.122. The van der Waals surface area contributed by atoms with Gasteiger partial charge in [-0.3, -0.25) is 4.90 Å². The van der Waals surface area contributed by atoms with Gasteiger partial charge in [0, 0.05) is 54.7 Å². The second-order valence-electron chi connectivity index (χ2n) is 14.2. The van der Waals surface area contributed by atoms with Gasteiger partial charge in [0.15, 0.2) is 0 Å². The van der Waals surface area contributed by atoms with Crippen molar-refractivity contribution in [3.8, 4) is 6.07 Å². The molecular weight excluding hydrogens is 549 g/mol. The Morgan fingerprint density at radius 3 is 2.74 bits per heavy atom. The highest BCUT2D eigenvalue weighted by Crippen LogP contribution is 2.53. The number of nitrogens with two attached hydrogens (primary N) is 1. The molecule has 1 aromatic carbocycles. The van der Waals surface area contributed by atoms with Gasteiger partial charge in [0.1, 0.15) is 23.9 Å². The van der Waals surface area contributed by atoms with Crippen LogP contribution in [0.2, 0.25) is 0 Å². The summed E-state index contributed by atoms with van der Waals surface area (Å²) in [6, 6.07) is 6.39. The van der Waals surface area contributed by atoms with Crippen molar-refractivity contribution in [3.63, 3.8) is 0 Å². The molecule has 4 heterocycles. The Balaban J connectivity index is 1.25. The van der Waals surface area contributed by atoms with Crippen LogP contribution < -0.4 is 10.6 Å². The first kappa shape index (κ1) is 28.9. The third-order valence-corrected chi connectivity index (χ3v) is 11.8. The van der Waals surface area contributed by atoms with Crippen molar-refractivity contribution in [1.29, 1.82) is 5.26 Å². The lowest BCUT2D eigenvalue weighted by Gasteiger charge is -2.47. The SMILES string of the molecule is CCC(F)(F)C1CN(c2nc(CCC34CCCN3CC(F)C4)nc3c2CCC2(CCC(C)c4ccc(N)c(C#N)c42)C3)C1. The number of hydrogen-bond donors (Lipinski definition) is 1. The smallest absolute Gasteiger partial charge is 0.254 e. The summed E-state index contributed by atoms with van der Waals surface area (Å²) in [5, 5.41) is 10.2. The summed E-state index contributed by atoms with van der Waals surface area (Å²) >= 11 is 0. The molecule has 1 aromatic heterocycles. The standard InChI is InChI=1S/C34H43F3N6/c1-3-34(36,37)22-18-42(19-22)31-25-8-12-32(11-7-21(2)24-5-6-27(39)26(17-38)30(24)32)16-28(25)40-29(41-31)9-13-33-10-4-14-43(33)20-23(35)15-33/h5-6,21-23H,3-4,7-16,18-20,39H2,1-2H3. The van der Waals surface area contributed by atoms with E-state index in [1.807, 2.05) is 11.0 Å². The Hall–Kier alpha value is -2.86. The summed E-state index contributed by atoms with van der Waals surface area (Å²) < 4.78 is 43.6. The minimum Gasteiger partial charge on any atom is -0.398 e. The van der Waals surface area contributed by atoms with Crippen LogP contribution in [0.15, 0.2) is 12.1 Å². The molecule has 6 nitrogen and oxygen atoms in total. The zero-order valence-electron chi connectivity index (χ0n) is 25.4. The third-order valence-electron chi connectivity index (χ3n) is 11.8. The monoisotopic (exact) mass is 592 g/mol. The van der Waals surface area contributed by atoms with Crippen LogP contribution in [-0.2, 0) is 24.7 Å². The van der Waals surface area contributed by atoms with E-state index < -0.39 is 18.0 Å². The number of benzene rings is 1. The van der Waals surface area contributed by atoms with Gasteiger partial charge in [0.05, 0.1) is 17.2 Å². The van der Waals surface area contributed by atoms with Gasteiger partial charge < -0.3 is 10.6 Å². The number of aryl methyl sites for hydroxylation is 1. The van der Waals surface area contributed by atoms with E-state index in [4.69, 9.17) is 15.7 Å². The Kier molecular flexibility index (Phi) is 6.96. The molecule has 0 bridgehead atoms. The molecule has 9 heteroatoms. The number of alkyl halides is 3. The number of nitrogens with zero attached hydrogens (tertiary/aromatic N) is 5. The first-order valence-electron chi connectivity index (χ1n) is 16.3. The number of hydrogen-bond acceptors (Lipinski definition) is 6. The van der Waals surface area contributed by atoms with Crippen molar-refractivity contribution in [1.82, 2.24) is 14.9 Å². The number of halogens is 3. The molecule has 2 aliphatic carbocycles. The quantitative estimate of drug-likeness (QED) is 0.400. The molecule has 5 aliphatic rings. The maximum atomic E-state index is 14.5. The molecule has 3 fully saturated rings. The third kappa shape index (κ3) is 4.62. The Labute approximate surface area is 252 Å². The zero-order chi connectivity index (χ0) is 30.1. The van der Waals surface area contributed by atoms with E-state index in [1.165, 1.54) is 5.56 Å². The topological polar surface area (TPSA) is 82.1 Å². The lowest BCUT2D eigenvalue weighted by Crippen LogP contribution is -2.55. The lowest BCUT2D eigenvalue weighted by molar-refractivity contribution is -0.0709. The molecule has 4 atom stereocenters. The van der Waals surface area contributed by atoms with Crippen LogP contribution >= 0.6 is 0 Å². The van der Waals surface area contributed by atoms with Crippen molar-refractivity contribution in [2.24, 2.45) is 5.92 Å². The second-order valence-corrected chi connectivity index (χ2v) is 14.2. The molecule has 0 radical (unpaired) electrons. The summed E-state index contributed by atoms with van der Waals surface area (Å²) in [4.78, 5) is 14.6. The molecule has 230 valence electrons. The predicted molar refractivity (Wildman–Crippen MR) is 161 cm³/mol. The molecule has 1 spiro atoms. The number of aromatic nitrogens is 2. The fourth-order valence-corrected chi connectivity index (χ4v) is 9.22. The Bertz CT molecular complexity index is 1470. The molecule has 0 saturated carbocycles. The van der Waals surface area contributed by atoms with Crippen molar-refractivity contribution < 1.29 is 13.2 Å². The van der Waals surface area contributed by atoms with Crippen molar-refractivity contribution in [2.45, 2.75) is 113 Å². The average Bonchev–Trinajstić information content (AvgIpc) is 3.48. The summed E-state index contributed by atoms with van der Waals surface area (Å²) in [7, 11) is 0. The van der Waals surface area contributed by atoms with Gasteiger partial charge in [0.25, 0.3) is 5.92 Å². The highest BCUT2D eigenvalue weighted by atomic mass is 19.3. The highest BCUT2D eigenvalue weighted by Gasteiger charge is 2.50. The lowest BCUT2D eigenvalue weighted by atomic mass is 9.59. The maximum absolute atomic E-state index is 14.5. The predicted octanol–water partition coefficient (Wildman–Crippen LogP) is 6.24. The second kappa shape index (κ2) is 10.4. The zero-order valence-corrected chi connectivity index (χ0v) is 25.4.